The van der Waals surface area contributed by atoms with Crippen LogP contribution in [0.5, 0.6) is 0 Å². The number of aromatic nitrogens is 1. The molecule has 0 aliphatic heterocycles. The summed E-state index contributed by atoms with van der Waals surface area (Å²) in [6.07, 6.45) is 4.02. The number of hydrogen-bond acceptors (Lipinski definition) is 3. The van der Waals surface area contributed by atoms with E-state index >= 15 is 0 Å². The lowest BCUT2D eigenvalue weighted by Crippen LogP contribution is -2.33. The molecule has 104 valence electrons. The summed E-state index contributed by atoms with van der Waals surface area (Å²) in [4.78, 5) is 26.2. The van der Waals surface area contributed by atoms with Crippen LogP contribution in [0.15, 0.2) is 18.5 Å². The predicted octanol–water partition coefficient (Wildman–Crippen LogP) is 2.01. The van der Waals surface area contributed by atoms with Crippen molar-refractivity contribution < 1.29 is 14.7 Å². The Labute approximate surface area is 112 Å². The number of nitrogens with one attached hydrogen (secondary N) is 2. The van der Waals surface area contributed by atoms with Crippen molar-refractivity contribution in [3.63, 3.8) is 0 Å². The summed E-state index contributed by atoms with van der Waals surface area (Å²) in [7, 11) is 0. The fraction of sp³-hybridized carbons (Fsp3) is 0.462. The number of carbonyl (C=O) groups excluding carboxylic acids is 1. The quantitative estimate of drug-likeness (QED) is 0.733. The van der Waals surface area contributed by atoms with Gasteiger partial charge >= 0.3 is 12.0 Å². The molecule has 0 bridgehead atoms. The second-order valence-corrected chi connectivity index (χ2v) is 4.46. The summed E-state index contributed by atoms with van der Waals surface area (Å²) in [6.45, 7) is 4.13. The minimum atomic E-state index is -0.850. The van der Waals surface area contributed by atoms with Crippen LogP contribution < -0.4 is 10.6 Å². The molecule has 0 aliphatic rings. The summed E-state index contributed by atoms with van der Waals surface area (Å²) < 4.78 is 0. The average Bonchev–Trinajstić information content (AvgIpc) is 2.34. The van der Waals surface area contributed by atoms with Gasteiger partial charge in [0.2, 0.25) is 0 Å². The topological polar surface area (TPSA) is 91.3 Å². The summed E-state index contributed by atoms with van der Waals surface area (Å²) >= 11 is 0. The Balaban J connectivity index is 2.40. The van der Waals surface area contributed by atoms with Crippen LogP contribution in [0.2, 0.25) is 0 Å². The Bertz CT molecular complexity index is 449. The van der Waals surface area contributed by atoms with E-state index in [-0.39, 0.29) is 18.4 Å². The number of aryl methyl sites for hydroxylation is 1. The molecule has 0 aliphatic carbocycles. The van der Waals surface area contributed by atoms with Gasteiger partial charge in [-0.25, -0.2) is 4.79 Å². The van der Waals surface area contributed by atoms with Crippen molar-refractivity contribution in [3.8, 4) is 0 Å². The number of hydrogen-bond donors (Lipinski definition) is 3. The molecule has 0 saturated heterocycles. The number of pyridine rings is 1. The van der Waals surface area contributed by atoms with E-state index in [0.29, 0.717) is 18.7 Å². The molecular formula is C13H19N3O3. The van der Waals surface area contributed by atoms with Gasteiger partial charge in [-0.3, -0.25) is 9.78 Å². The SMILES string of the molecule is CCC(CNC(=O)Nc1cncc(C)c1)CC(=O)O. The van der Waals surface area contributed by atoms with Gasteiger partial charge in [-0.05, 0) is 24.5 Å². The van der Waals surface area contributed by atoms with Crippen molar-refractivity contribution in [2.45, 2.75) is 26.7 Å². The zero-order valence-corrected chi connectivity index (χ0v) is 11.1. The highest BCUT2D eigenvalue weighted by atomic mass is 16.4. The molecule has 1 unspecified atom stereocenters. The van der Waals surface area contributed by atoms with E-state index in [9.17, 15) is 9.59 Å². The predicted molar refractivity (Wildman–Crippen MR) is 72.0 cm³/mol. The van der Waals surface area contributed by atoms with Gasteiger partial charge in [-0.2, -0.15) is 0 Å². The Kier molecular flexibility index (Phi) is 5.78. The molecule has 1 aromatic rings. The Morgan fingerprint density at radius 1 is 1.42 bits per heavy atom. The van der Waals surface area contributed by atoms with E-state index in [4.69, 9.17) is 5.11 Å². The summed E-state index contributed by atoms with van der Waals surface area (Å²) in [5.41, 5.74) is 1.57. The fourth-order valence-electron chi connectivity index (χ4n) is 1.64. The molecule has 1 aromatic heterocycles. The maximum absolute atomic E-state index is 11.6. The third kappa shape index (κ3) is 5.85. The van der Waals surface area contributed by atoms with Crippen LogP contribution in [0.4, 0.5) is 10.5 Å². The van der Waals surface area contributed by atoms with Crippen molar-refractivity contribution in [3.05, 3.63) is 24.0 Å². The third-order valence-electron chi connectivity index (χ3n) is 2.72. The zero-order chi connectivity index (χ0) is 14.3. The monoisotopic (exact) mass is 265 g/mol. The molecule has 6 nitrogen and oxygen atoms in total. The maximum atomic E-state index is 11.6. The highest BCUT2D eigenvalue weighted by Gasteiger charge is 2.12. The number of carboxylic acid groups (broad SMARTS) is 1. The van der Waals surface area contributed by atoms with Gasteiger partial charge < -0.3 is 15.7 Å². The maximum Gasteiger partial charge on any atom is 0.319 e. The van der Waals surface area contributed by atoms with E-state index in [1.165, 1.54) is 0 Å². The van der Waals surface area contributed by atoms with Crippen molar-refractivity contribution in [1.29, 1.82) is 0 Å². The minimum Gasteiger partial charge on any atom is -0.481 e. The number of anilines is 1. The van der Waals surface area contributed by atoms with Crippen LogP contribution in [-0.2, 0) is 4.79 Å². The second-order valence-electron chi connectivity index (χ2n) is 4.46. The number of urea groups is 1. The number of aliphatic carboxylic acids is 1. The fourth-order valence-corrected chi connectivity index (χ4v) is 1.64. The van der Waals surface area contributed by atoms with Gasteiger partial charge in [0.15, 0.2) is 0 Å². The Morgan fingerprint density at radius 3 is 2.74 bits per heavy atom. The molecule has 19 heavy (non-hydrogen) atoms. The van der Waals surface area contributed by atoms with Gasteiger partial charge in [0.05, 0.1) is 11.9 Å². The number of nitrogens with zero attached hydrogens (tertiary/aromatic N) is 1. The van der Waals surface area contributed by atoms with Crippen LogP contribution in [0.25, 0.3) is 0 Å². The molecule has 0 spiro atoms. The van der Waals surface area contributed by atoms with Crippen molar-refractivity contribution in [2.75, 3.05) is 11.9 Å². The minimum absolute atomic E-state index is 0.0566. The number of carboxylic acids is 1. The van der Waals surface area contributed by atoms with E-state index in [2.05, 4.69) is 15.6 Å². The molecular weight excluding hydrogens is 246 g/mol. The van der Waals surface area contributed by atoms with Crippen molar-refractivity contribution in [1.82, 2.24) is 10.3 Å². The standard InChI is InChI=1S/C13H19N3O3/c1-3-10(5-12(17)18)7-15-13(19)16-11-4-9(2)6-14-8-11/h4,6,8,10H,3,5,7H2,1-2H3,(H,17,18)(H2,15,16,19). The summed E-state index contributed by atoms with van der Waals surface area (Å²) in [6, 6.07) is 1.46. The number of rotatable bonds is 6. The molecule has 6 heteroatoms. The van der Waals surface area contributed by atoms with Gasteiger partial charge in [0.1, 0.15) is 0 Å². The molecule has 0 radical (unpaired) electrons. The van der Waals surface area contributed by atoms with Gasteiger partial charge in [0.25, 0.3) is 0 Å². The first-order chi connectivity index (χ1) is 9.01. The van der Waals surface area contributed by atoms with E-state index in [1.807, 2.05) is 13.8 Å². The number of carbonyl (C=O) groups is 2. The molecule has 1 rings (SSSR count). The lowest BCUT2D eigenvalue weighted by atomic mass is 10.0. The first-order valence-electron chi connectivity index (χ1n) is 6.19. The molecule has 0 aromatic carbocycles. The van der Waals surface area contributed by atoms with Crippen LogP contribution in [0.1, 0.15) is 25.3 Å². The van der Waals surface area contributed by atoms with Gasteiger partial charge in [0, 0.05) is 19.2 Å². The third-order valence-corrected chi connectivity index (χ3v) is 2.72. The number of amides is 2. The molecule has 0 fully saturated rings. The summed E-state index contributed by atoms with van der Waals surface area (Å²) in [5, 5.41) is 14.0. The highest BCUT2D eigenvalue weighted by molar-refractivity contribution is 5.89. The highest BCUT2D eigenvalue weighted by Crippen LogP contribution is 2.08. The smallest absolute Gasteiger partial charge is 0.319 e. The van der Waals surface area contributed by atoms with E-state index in [0.717, 1.165) is 5.56 Å². The molecule has 3 N–H and O–H groups in total. The average molecular weight is 265 g/mol. The van der Waals surface area contributed by atoms with Crippen molar-refractivity contribution in [2.24, 2.45) is 5.92 Å². The first-order valence-corrected chi connectivity index (χ1v) is 6.19. The normalized spacial score (nSPS) is 11.7. The van der Waals surface area contributed by atoms with Crippen LogP contribution in [0, 0.1) is 12.8 Å². The second kappa shape index (κ2) is 7.35. The Morgan fingerprint density at radius 2 is 2.16 bits per heavy atom. The van der Waals surface area contributed by atoms with Crippen LogP contribution in [-0.4, -0.2) is 28.6 Å². The first kappa shape index (κ1) is 14.9. The van der Waals surface area contributed by atoms with Gasteiger partial charge in [-0.15, -0.1) is 0 Å². The molecule has 1 atom stereocenters. The largest absolute Gasteiger partial charge is 0.481 e. The van der Waals surface area contributed by atoms with Crippen molar-refractivity contribution >= 4 is 17.7 Å². The molecule has 1 heterocycles. The Hall–Kier alpha value is -2.11. The van der Waals surface area contributed by atoms with E-state index in [1.54, 1.807) is 18.5 Å². The van der Waals surface area contributed by atoms with Crippen LogP contribution in [0.3, 0.4) is 0 Å². The zero-order valence-electron chi connectivity index (χ0n) is 11.1. The van der Waals surface area contributed by atoms with Crippen LogP contribution >= 0.6 is 0 Å². The summed E-state index contributed by atoms with van der Waals surface area (Å²) in [5.74, 6) is -0.907. The lowest BCUT2D eigenvalue weighted by Gasteiger charge is -2.14. The molecule has 2 amide bonds. The lowest BCUT2D eigenvalue weighted by molar-refractivity contribution is -0.138. The molecule has 0 saturated carbocycles. The van der Waals surface area contributed by atoms with Gasteiger partial charge in [-0.1, -0.05) is 13.3 Å². The van der Waals surface area contributed by atoms with E-state index < -0.39 is 5.97 Å².